The third-order valence-electron chi connectivity index (χ3n) is 2.76. The lowest BCUT2D eigenvalue weighted by atomic mass is 10.1. The Bertz CT molecular complexity index is 689. The van der Waals surface area contributed by atoms with E-state index in [1.807, 2.05) is 0 Å². The van der Waals surface area contributed by atoms with Crippen molar-refractivity contribution in [3.8, 4) is 0 Å². The largest absolute Gasteiger partial charge is 0.398 e. The molecule has 0 aromatic heterocycles. The summed E-state index contributed by atoms with van der Waals surface area (Å²) in [6, 6.07) is 6.70. The maximum atomic E-state index is 13.7. The number of carbonyl (C=O) groups excluding carboxylic acids is 1. The highest BCUT2D eigenvalue weighted by molar-refractivity contribution is 9.10. The van der Waals surface area contributed by atoms with Gasteiger partial charge in [0, 0.05) is 16.2 Å². The Morgan fingerprint density at radius 2 is 1.90 bits per heavy atom. The van der Waals surface area contributed by atoms with Crippen molar-refractivity contribution in [3.63, 3.8) is 0 Å². The van der Waals surface area contributed by atoms with Crippen LogP contribution in [0.1, 0.15) is 15.9 Å². The number of amides is 1. The molecule has 0 radical (unpaired) electrons. The predicted octanol–water partition coefficient (Wildman–Crippen LogP) is 3.87. The molecule has 2 aromatic rings. The monoisotopic (exact) mass is 340 g/mol. The highest BCUT2D eigenvalue weighted by Gasteiger charge is 2.14. The highest BCUT2D eigenvalue weighted by atomic mass is 79.9. The van der Waals surface area contributed by atoms with Crippen LogP contribution in [0.25, 0.3) is 0 Å². The van der Waals surface area contributed by atoms with Gasteiger partial charge in [0.2, 0.25) is 0 Å². The van der Waals surface area contributed by atoms with E-state index in [-0.39, 0.29) is 22.5 Å². The number of hydrogen-bond acceptors (Lipinski definition) is 2. The number of halogens is 3. The smallest absolute Gasteiger partial charge is 0.257 e. The fourth-order valence-corrected chi connectivity index (χ4v) is 2.02. The molecule has 0 aliphatic rings. The molecule has 1 amide bonds. The molecule has 2 aromatic carbocycles. The maximum absolute atomic E-state index is 13.7. The lowest BCUT2D eigenvalue weighted by Crippen LogP contribution is -2.15. The Kier molecular flexibility index (Phi) is 4.04. The molecule has 0 saturated heterocycles. The Morgan fingerprint density at radius 1 is 1.20 bits per heavy atom. The van der Waals surface area contributed by atoms with Crippen molar-refractivity contribution >= 4 is 33.2 Å². The molecule has 3 nitrogen and oxygen atoms in total. The number of rotatable bonds is 2. The van der Waals surface area contributed by atoms with E-state index in [9.17, 15) is 13.6 Å². The lowest BCUT2D eigenvalue weighted by molar-refractivity contribution is 0.102. The zero-order chi connectivity index (χ0) is 14.9. The summed E-state index contributed by atoms with van der Waals surface area (Å²) in [6.45, 7) is 1.44. The summed E-state index contributed by atoms with van der Waals surface area (Å²) in [7, 11) is 0. The van der Waals surface area contributed by atoms with Crippen LogP contribution in [0.15, 0.2) is 34.8 Å². The quantitative estimate of drug-likeness (QED) is 0.815. The third-order valence-corrected chi connectivity index (χ3v) is 3.25. The number of aryl methyl sites for hydroxylation is 1. The predicted molar refractivity (Wildman–Crippen MR) is 77.6 cm³/mol. The zero-order valence-electron chi connectivity index (χ0n) is 10.5. The molecule has 3 N–H and O–H groups in total. The van der Waals surface area contributed by atoms with Crippen LogP contribution < -0.4 is 11.1 Å². The number of carbonyl (C=O) groups is 1. The summed E-state index contributed by atoms with van der Waals surface area (Å²) in [6.07, 6.45) is 0. The molecule has 0 aliphatic heterocycles. The molecule has 0 heterocycles. The second-order valence-electron chi connectivity index (χ2n) is 4.27. The van der Waals surface area contributed by atoms with E-state index in [2.05, 4.69) is 21.2 Å². The summed E-state index contributed by atoms with van der Waals surface area (Å²) in [5.41, 5.74) is 6.06. The first kappa shape index (κ1) is 14.5. The number of anilines is 2. The van der Waals surface area contributed by atoms with Crippen LogP contribution in [0.4, 0.5) is 20.2 Å². The van der Waals surface area contributed by atoms with Crippen molar-refractivity contribution in [1.29, 1.82) is 0 Å². The first-order valence-corrected chi connectivity index (χ1v) is 6.50. The normalized spacial score (nSPS) is 10.4. The molecule has 0 fully saturated rings. The minimum Gasteiger partial charge on any atom is -0.398 e. The summed E-state index contributed by atoms with van der Waals surface area (Å²) in [4.78, 5) is 12.0. The standard InChI is InChI=1S/C14H11BrF2N2O/c1-7-4-11(17)13(6-10(7)16)19-14(20)9-5-8(15)2-3-12(9)18/h2-6H,18H2,1H3,(H,19,20). The van der Waals surface area contributed by atoms with Crippen molar-refractivity contribution in [2.75, 3.05) is 11.1 Å². The van der Waals surface area contributed by atoms with Gasteiger partial charge >= 0.3 is 0 Å². The highest BCUT2D eigenvalue weighted by Crippen LogP contribution is 2.22. The van der Waals surface area contributed by atoms with E-state index >= 15 is 0 Å². The molecule has 0 spiro atoms. The minimum absolute atomic E-state index is 0.169. The van der Waals surface area contributed by atoms with Gasteiger partial charge in [-0.15, -0.1) is 0 Å². The molecule has 0 saturated carbocycles. The van der Waals surface area contributed by atoms with Gasteiger partial charge in [-0.1, -0.05) is 15.9 Å². The van der Waals surface area contributed by atoms with Crippen LogP contribution in [-0.2, 0) is 0 Å². The van der Waals surface area contributed by atoms with Gasteiger partial charge in [-0.05, 0) is 36.8 Å². The first-order valence-electron chi connectivity index (χ1n) is 5.70. The summed E-state index contributed by atoms with van der Waals surface area (Å²) in [5, 5.41) is 2.31. The van der Waals surface area contributed by atoms with Gasteiger partial charge in [0.1, 0.15) is 11.6 Å². The fraction of sp³-hybridized carbons (Fsp3) is 0.0714. The molecule has 0 bridgehead atoms. The van der Waals surface area contributed by atoms with Gasteiger partial charge in [-0.3, -0.25) is 4.79 Å². The van der Waals surface area contributed by atoms with Crippen LogP contribution in [0.3, 0.4) is 0 Å². The van der Waals surface area contributed by atoms with Crippen molar-refractivity contribution in [1.82, 2.24) is 0 Å². The number of hydrogen-bond donors (Lipinski definition) is 2. The number of nitrogen functional groups attached to an aromatic ring is 1. The van der Waals surface area contributed by atoms with Gasteiger partial charge < -0.3 is 11.1 Å². The van der Waals surface area contributed by atoms with Crippen molar-refractivity contribution < 1.29 is 13.6 Å². The van der Waals surface area contributed by atoms with Crippen LogP contribution in [0, 0.1) is 18.6 Å². The number of benzene rings is 2. The fourth-order valence-electron chi connectivity index (χ4n) is 1.66. The molecule has 0 aliphatic carbocycles. The van der Waals surface area contributed by atoms with Crippen LogP contribution in [0.5, 0.6) is 0 Å². The van der Waals surface area contributed by atoms with E-state index in [0.717, 1.165) is 12.1 Å². The first-order chi connectivity index (χ1) is 9.38. The van der Waals surface area contributed by atoms with Gasteiger partial charge in [0.25, 0.3) is 5.91 Å². The van der Waals surface area contributed by atoms with Crippen LogP contribution >= 0.6 is 15.9 Å². The van der Waals surface area contributed by atoms with Gasteiger partial charge in [-0.2, -0.15) is 0 Å². The average Bonchev–Trinajstić information content (AvgIpc) is 2.38. The Hall–Kier alpha value is -1.95. The van der Waals surface area contributed by atoms with Crippen molar-refractivity contribution in [3.05, 3.63) is 57.6 Å². The molecular formula is C14H11BrF2N2O. The van der Waals surface area contributed by atoms with Crippen LogP contribution in [0.2, 0.25) is 0 Å². The van der Waals surface area contributed by atoms with E-state index in [1.165, 1.54) is 13.0 Å². The van der Waals surface area contributed by atoms with E-state index < -0.39 is 17.5 Å². The average molecular weight is 341 g/mol. The van der Waals surface area contributed by atoms with E-state index in [1.54, 1.807) is 12.1 Å². The Labute approximate surface area is 122 Å². The Morgan fingerprint density at radius 3 is 2.60 bits per heavy atom. The number of nitrogens with two attached hydrogens (primary N) is 1. The van der Waals surface area contributed by atoms with Crippen molar-refractivity contribution in [2.45, 2.75) is 6.92 Å². The molecule has 20 heavy (non-hydrogen) atoms. The number of nitrogens with one attached hydrogen (secondary N) is 1. The van der Waals surface area contributed by atoms with Gasteiger partial charge in [-0.25, -0.2) is 8.78 Å². The molecule has 2 rings (SSSR count). The van der Waals surface area contributed by atoms with Gasteiger partial charge in [0.15, 0.2) is 0 Å². The summed E-state index contributed by atoms with van der Waals surface area (Å²) < 4.78 is 27.7. The second-order valence-corrected chi connectivity index (χ2v) is 5.18. The third kappa shape index (κ3) is 2.96. The summed E-state index contributed by atoms with van der Waals surface area (Å²) in [5.74, 6) is -1.90. The van der Waals surface area contributed by atoms with Crippen molar-refractivity contribution in [2.24, 2.45) is 0 Å². The molecule has 0 unspecified atom stereocenters. The van der Waals surface area contributed by atoms with Gasteiger partial charge in [0.05, 0.1) is 11.3 Å². The molecular weight excluding hydrogens is 330 g/mol. The SMILES string of the molecule is Cc1cc(F)c(NC(=O)c2cc(Br)ccc2N)cc1F. The van der Waals surface area contributed by atoms with E-state index in [0.29, 0.717) is 4.47 Å². The topological polar surface area (TPSA) is 55.1 Å². The lowest BCUT2D eigenvalue weighted by Gasteiger charge is -2.10. The molecule has 104 valence electrons. The molecule has 0 atom stereocenters. The zero-order valence-corrected chi connectivity index (χ0v) is 12.1. The van der Waals surface area contributed by atoms with Crippen LogP contribution in [-0.4, -0.2) is 5.91 Å². The molecule has 6 heteroatoms. The minimum atomic E-state index is -0.703. The van der Waals surface area contributed by atoms with E-state index in [4.69, 9.17) is 5.73 Å². The summed E-state index contributed by atoms with van der Waals surface area (Å²) >= 11 is 3.22. The second kappa shape index (κ2) is 5.58. The maximum Gasteiger partial charge on any atom is 0.257 e. The Balaban J connectivity index is 2.32.